The molecular weight excluding hydrogens is 245 g/mol. The van der Waals surface area contributed by atoms with Crippen molar-refractivity contribution in [3.05, 3.63) is 0 Å². The summed E-state index contributed by atoms with van der Waals surface area (Å²) in [5, 5.41) is 11.2. The second kappa shape index (κ2) is 4.15. The lowest BCUT2D eigenvalue weighted by Crippen LogP contribution is -2.53. The van der Waals surface area contributed by atoms with Crippen LogP contribution in [-0.4, -0.2) is 17.6 Å². The fraction of sp³-hybridized carbons (Fsp3) is 0.833. The van der Waals surface area contributed by atoms with Gasteiger partial charge >= 0.3 is 6.18 Å². The Morgan fingerprint density at radius 1 is 1.11 bits per heavy atom. The number of hydrogen-bond acceptors (Lipinski definition) is 2. The summed E-state index contributed by atoms with van der Waals surface area (Å²) in [6.45, 7) is 0. The van der Waals surface area contributed by atoms with Gasteiger partial charge in [-0.1, -0.05) is 19.3 Å². The van der Waals surface area contributed by atoms with Gasteiger partial charge in [-0.25, -0.2) is 0 Å². The molecule has 2 rings (SSSR count). The van der Waals surface area contributed by atoms with Gasteiger partial charge in [0.05, 0.1) is 6.07 Å². The van der Waals surface area contributed by atoms with Gasteiger partial charge in [0.25, 0.3) is 0 Å². The fourth-order valence-electron chi connectivity index (χ4n) is 2.49. The van der Waals surface area contributed by atoms with Crippen LogP contribution in [0.5, 0.6) is 0 Å². The third kappa shape index (κ3) is 2.06. The zero-order valence-electron chi connectivity index (χ0n) is 9.94. The molecule has 1 N–H and O–H groups in total. The van der Waals surface area contributed by atoms with E-state index >= 15 is 0 Å². The highest BCUT2D eigenvalue weighted by atomic mass is 19.4. The molecule has 0 radical (unpaired) electrons. The largest absolute Gasteiger partial charge is 0.411 e. The second-order valence-corrected chi connectivity index (χ2v) is 5.29. The van der Waals surface area contributed by atoms with E-state index in [4.69, 9.17) is 5.26 Å². The van der Waals surface area contributed by atoms with Crippen molar-refractivity contribution >= 4 is 5.91 Å². The standard InChI is InChI=1S/C12H15F3N2O/c13-12(14,15)11(6-7-11)17-9(18)10(8-16)4-2-1-3-5-10/h1-7H2,(H,17,18). The van der Waals surface area contributed by atoms with Crippen molar-refractivity contribution < 1.29 is 18.0 Å². The summed E-state index contributed by atoms with van der Waals surface area (Å²) in [6.07, 6.45) is -1.48. The maximum atomic E-state index is 12.8. The molecule has 2 aliphatic rings. The zero-order valence-corrected chi connectivity index (χ0v) is 9.94. The second-order valence-electron chi connectivity index (χ2n) is 5.29. The number of halogens is 3. The predicted octanol–water partition coefficient (Wildman–Crippen LogP) is 2.67. The summed E-state index contributed by atoms with van der Waals surface area (Å²) < 4.78 is 38.3. The first-order valence-electron chi connectivity index (χ1n) is 6.16. The molecule has 0 aromatic carbocycles. The molecule has 3 nitrogen and oxygen atoms in total. The van der Waals surface area contributed by atoms with Gasteiger partial charge in [-0.15, -0.1) is 0 Å². The highest BCUT2D eigenvalue weighted by Crippen LogP contribution is 2.50. The number of rotatable bonds is 2. The van der Waals surface area contributed by atoms with Crippen molar-refractivity contribution in [2.75, 3.05) is 0 Å². The number of alkyl halides is 3. The quantitative estimate of drug-likeness (QED) is 0.829. The molecule has 0 unspecified atom stereocenters. The number of nitriles is 1. The number of hydrogen-bond donors (Lipinski definition) is 1. The summed E-state index contributed by atoms with van der Waals surface area (Å²) in [7, 11) is 0. The van der Waals surface area contributed by atoms with E-state index in [2.05, 4.69) is 5.32 Å². The fourth-order valence-corrected chi connectivity index (χ4v) is 2.49. The average Bonchev–Trinajstić information content (AvgIpc) is 3.10. The van der Waals surface area contributed by atoms with Crippen LogP contribution in [0.15, 0.2) is 0 Å². The summed E-state index contributed by atoms with van der Waals surface area (Å²) >= 11 is 0. The van der Waals surface area contributed by atoms with E-state index in [1.54, 1.807) is 0 Å². The van der Waals surface area contributed by atoms with E-state index in [9.17, 15) is 18.0 Å². The minimum Gasteiger partial charge on any atom is -0.341 e. The Balaban J connectivity index is 2.10. The van der Waals surface area contributed by atoms with Crippen LogP contribution in [0.1, 0.15) is 44.9 Å². The van der Waals surface area contributed by atoms with Crippen LogP contribution >= 0.6 is 0 Å². The normalized spacial score (nSPS) is 25.0. The first kappa shape index (κ1) is 13.2. The minimum absolute atomic E-state index is 0.0796. The van der Waals surface area contributed by atoms with Gasteiger partial charge in [-0.05, 0) is 25.7 Å². The smallest absolute Gasteiger partial charge is 0.341 e. The van der Waals surface area contributed by atoms with E-state index in [0.717, 1.165) is 19.3 Å². The molecule has 6 heteroatoms. The van der Waals surface area contributed by atoms with Crippen molar-refractivity contribution in [1.82, 2.24) is 5.32 Å². The number of nitrogens with zero attached hydrogens (tertiary/aromatic N) is 1. The third-order valence-electron chi connectivity index (χ3n) is 4.00. The molecule has 0 aromatic rings. The van der Waals surface area contributed by atoms with Crippen molar-refractivity contribution in [2.45, 2.75) is 56.7 Å². The lowest BCUT2D eigenvalue weighted by Gasteiger charge is -2.32. The highest BCUT2D eigenvalue weighted by Gasteiger charge is 2.65. The van der Waals surface area contributed by atoms with Gasteiger partial charge in [0.1, 0.15) is 11.0 Å². The SMILES string of the molecule is N#CC1(C(=O)NC2(C(F)(F)F)CC2)CCCCC1. The highest BCUT2D eigenvalue weighted by molar-refractivity contribution is 5.86. The van der Waals surface area contributed by atoms with Gasteiger partial charge in [-0.2, -0.15) is 18.4 Å². The van der Waals surface area contributed by atoms with Gasteiger partial charge in [0.2, 0.25) is 5.91 Å². The zero-order chi connectivity index (χ0) is 13.4. The first-order valence-corrected chi connectivity index (χ1v) is 6.16. The van der Waals surface area contributed by atoms with Crippen LogP contribution in [-0.2, 0) is 4.79 Å². The van der Waals surface area contributed by atoms with Crippen LogP contribution in [0.3, 0.4) is 0 Å². The van der Waals surface area contributed by atoms with Crippen molar-refractivity contribution in [1.29, 1.82) is 5.26 Å². The maximum Gasteiger partial charge on any atom is 0.411 e. The van der Waals surface area contributed by atoms with Crippen molar-refractivity contribution in [3.8, 4) is 6.07 Å². The third-order valence-corrected chi connectivity index (χ3v) is 4.00. The molecule has 0 aliphatic heterocycles. The number of amides is 1. The van der Waals surface area contributed by atoms with Crippen LogP contribution in [0.2, 0.25) is 0 Å². The maximum absolute atomic E-state index is 12.8. The van der Waals surface area contributed by atoms with Crippen LogP contribution in [0, 0.1) is 16.7 Å². The Labute approximate surface area is 103 Å². The molecule has 0 bridgehead atoms. The lowest BCUT2D eigenvalue weighted by molar-refractivity contribution is -0.172. The summed E-state index contributed by atoms with van der Waals surface area (Å²) in [4.78, 5) is 12.0. The topological polar surface area (TPSA) is 52.9 Å². The van der Waals surface area contributed by atoms with E-state index in [-0.39, 0.29) is 12.8 Å². The number of nitrogens with one attached hydrogen (secondary N) is 1. The Kier molecular flexibility index (Phi) is 3.04. The molecule has 2 aliphatic carbocycles. The Morgan fingerprint density at radius 2 is 1.67 bits per heavy atom. The monoisotopic (exact) mass is 260 g/mol. The molecule has 0 atom stereocenters. The molecule has 0 saturated heterocycles. The number of carbonyl (C=O) groups excluding carboxylic acids is 1. The molecule has 100 valence electrons. The molecule has 0 heterocycles. The molecule has 0 aromatic heterocycles. The van der Waals surface area contributed by atoms with Gasteiger partial charge in [-0.3, -0.25) is 4.79 Å². The summed E-state index contributed by atoms with van der Waals surface area (Å²) in [5.41, 5.74) is -3.32. The van der Waals surface area contributed by atoms with Gasteiger partial charge in [0.15, 0.2) is 0 Å². The minimum atomic E-state index is -4.42. The van der Waals surface area contributed by atoms with E-state index < -0.39 is 23.0 Å². The van der Waals surface area contributed by atoms with E-state index in [1.807, 2.05) is 6.07 Å². The molecule has 0 spiro atoms. The van der Waals surface area contributed by atoms with E-state index in [0.29, 0.717) is 12.8 Å². The predicted molar refractivity (Wildman–Crippen MR) is 57.3 cm³/mol. The Hall–Kier alpha value is -1.25. The van der Waals surface area contributed by atoms with Gasteiger partial charge < -0.3 is 5.32 Å². The van der Waals surface area contributed by atoms with Crippen LogP contribution in [0.25, 0.3) is 0 Å². The number of carbonyl (C=O) groups is 1. The molecular formula is C12H15F3N2O. The summed E-state index contributed by atoms with van der Waals surface area (Å²) in [5.74, 6) is -0.737. The van der Waals surface area contributed by atoms with Crippen LogP contribution < -0.4 is 5.32 Å². The molecule has 2 fully saturated rings. The van der Waals surface area contributed by atoms with Gasteiger partial charge in [0, 0.05) is 0 Å². The van der Waals surface area contributed by atoms with Crippen molar-refractivity contribution in [2.24, 2.45) is 5.41 Å². The average molecular weight is 260 g/mol. The van der Waals surface area contributed by atoms with Crippen molar-refractivity contribution in [3.63, 3.8) is 0 Å². The first-order chi connectivity index (χ1) is 8.35. The van der Waals surface area contributed by atoms with Crippen LogP contribution in [0.4, 0.5) is 13.2 Å². The Morgan fingerprint density at radius 3 is 2.06 bits per heavy atom. The molecule has 2 saturated carbocycles. The molecule has 1 amide bonds. The van der Waals surface area contributed by atoms with E-state index in [1.165, 1.54) is 0 Å². The molecule has 18 heavy (non-hydrogen) atoms. The Bertz CT molecular complexity index is 387. The lowest BCUT2D eigenvalue weighted by atomic mass is 9.74. The summed E-state index contributed by atoms with van der Waals surface area (Å²) in [6, 6.07) is 1.94.